The lowest BCUT2D eigenvalue weighted by molar-refractivity contribution is -0.115. The van der Waals surface area contributed by atoms with Gasteiger partial charge in [-0.2, -0.15) is 0 Å². The van der Waals surface area contributed by atoms with Crippen LogP contribution in [0.4, 0.5) is 5.00 Å². The lowest BCUT2D eigenvalue weighted by atomic mass is 10.1. The molecule has 1 amide bonds. The minimum absolute atomic E-state index is 0.152. The summed E-state index contributed by atoms with van der Waals surface area (Å²) in [6.45, 7) is 1.99. The summed E-state index contributed by atoms with van der Waals surface area (Å²) in [6.07, 6.45) is 0.939. The molecular formula is C16H16ClNO3S. The summed E-state index contributed by atoms with van der Waals surface area (Å²) in [6, 6.07) is 8.93. The fourth-order valence-corrected chi connectivity index (χ4v) is 3.16. The predicted octanol–water partition coefficient (Wildman–Crippen LogP) is 3.93. The van der Waals surface area contributed by atoms with Crippen LogP contribution >= 0.6 is 22.9 Å². The molecule has 0 aliphatic heterocycles. The number of halogens is 1. The first-order chi connectivity index (χ1) is 10.5. The van der Waals surface area contributed by atoms with Crippen LogP contribution in [-0.4, -0.2) is 19.0 Å². The molecule has 0 spiro atoms. The number of carbonyl (C=O) groups excluding carboxylic acids is 2. The number of hydrogen-bond donors (Lipinski definition) is 1. The molecule has 22 heavy (non-hydrogen) atoms. The van der Waals surface area contributed by atoms with E-state index in [0.717, 1.165) is 16.9 Å². The Morgan fingerprint density at radius 1 is 1.32 bits per heavy atom. The van der Waals surface area contributed by atoms with E-state index in [1.165, 1.54) is 18.4 Å². The Hall–Kier alpha value is -1.85. The summed E-state index contributed by atoms with van der Waals surface area (Å²) >= 11 is 7.43. The van der Waals surface area contributed by atoms with Crippen molar-refractivity contribution >= 4 is 39.8 Å². The maximum absolute atomic E-state index is 12.2. The molecule has 0 saturated carbocycles. The molecule has 0 aliphatic rings. The van der Waals surface area contributed by atoms with Crippen molar-refractivity contribution in [1.82, 2.24) is 0 Å². The van der Waals surface area contributed by atoms with Gasteiger partial charge >= 0.3 is 5.97 Å². The first-order valence-corrected chi connectivity index (χ1v) is 7.98. The third-order valence-electron chi connectivity index (χ3n) is 3.10. The van der Waals surface area contributed by atoms with Crippen molar-refractivity contribution in [1.29, 1.82) is 0 Å². The average Bonchev–Trinajstić information content (AvgIpc) is 2.91. The monoisotopic (exact) mass is 337 g/mol. The summed E-state index contributed by atoms with van der Waals surface area (Å²) in [5, 5.41) is 3.84. The Bertz CT molecular complexity index is 696. The Kier molecular flexibility index (Phi) is 5.57. The number of carbonyl (C=O) groups is 2. The molecule has 1 N–H and O–H groups in total. The van der Waals surface area contributed by atoms with Gasteiger partial charge in [-0.05, 0) is 24.1 Å². The summed E-state index contributed by atoms with van der Waals surface area (Å²) in [5.41, 5.74) is 1.13. The second-order valence-electron chi connectivity index (χ2n) is 4.62. The van der Waals surface area contributed by atoms with Crippen molar-refractivity contribution in [3.63, 3.8) is 0 Å². The number of methoxy groups -OCH3 is 1. The molecule has 1 heterocycles. The number of nitrogens with one attached hydrogen (secondary N) is 1. The molecule has 116 valence electrons. The van der Waals surface area contributed by atoms with Gasteiger partial charge in [0.2, 0.25) is 5.91 Å². The smallest absolute Gasteiger partial charge is 0.340 e. The molecule has 1 aromatic carbocycles. The number of thiophene rings is 1. The van der Waals surface area contributed by atoms with Gasteiger partial charge in [0.25, 0.3) is 0 Å². The molecule has 2 aromatic rings. The van der Waals surface area contributed by atoms with Crippen molar-refractivity contribution < 1.29 is 14.3 Å². The number of rotatable bonds is 5. The summed E-state index contributed by atoms with van der Waals surface area (Å²) in [5.74, 6) is -0.674. The molecule has 0 unspecified atom stereocenters. The normalized spacial score (nSPS) is 10.3. The Morgan fingerprint density at radius 3 is 2.68 bits per heavy atom. The zero-order chi connectivity index (χ0) is 16.1. The second kappa shape index (κ2) is 7.42. The van der Waals surface area contributed by atoms with E-state index in [0.29, 0.717) is 15.6 Å². The second-order valence-corrected chi connectivity index (χ2v) is 6.16. The van der Waals surface area contributed by atoms with E-state index in [9.17, 15) is 9.59 Å². The highest BCUT2D eigenvalue weighted by Gasteiger charge is 2.18. The molecule has 0 atom stereocenters. The van der Waals surface area contributed by atoms with Gasteiger partial charge in [0.15, 0.2) is 0 Å². The van der Waals surface area contributed by atoms with E-state index in [-0.39, 0.29) is 12.3 Å². The highest BCUT2D eigenvalue weighted by atomic mass is 35.5. The van der Waals surface area contributed by atoms with Crippen LogP contribution in [0.2, 0.25) is 5.02 Å². The van der Waals surface area contributed by atoms with Crippen LogP contribution in [0.15, 0.2) is 30.3 Å². The fourth-order valence-electron chi connectivity index (χ4n) is 1.96. The third-order valence-corrected chi connectivity index (χ3v) is 4.66. The van der Waals surface area contributed by atoms with Crippen LogP contribution in [0.5, 0.6) is 0 Å². The van der Waals surface area contributed by atoms with Crippen LogP contribution in [0, 0.1) is 0 Å². The Labute approximate surface area is 138 Å². The van der Waals surface area contributed by atoms with Crippen molar-refractivity contribution in [3.8, 4) is 0 Å². The number of aryl methyl sites for hydroxylation is 1. The Balaban J connectivity index is 2.16. The summed E-state index contributed by atoms with van der Waals surface area (Å²) in [4.78, 5) is 25.0. The van der Waals surface area contributed by atoms with Gasteiger partial charge in [0, 0.05) is 9.90 Å². The molecule has 1 aromatic heterocycles. The first-order valence-electron chi connectivity index (χ1n) is 6.79. The molecule has 0 saturated heterocycles. The minimum atomic E-state index is -0.455. The van der Waals surface area contributed by atoms with Gasteiger partial charge in [-0.25, -0.2) is 4.79 Å². The molecule has 6 heteroatoms. The van der Waals surface area contributed by atoms with Crippen LogP contribution < -0.4 is 5.32 Å². The van der Waals surface area contributed by atoms with Crippen molar-refractivity contribution in [3.05, 3.63) is 51.4 Å². The standard InChI is InChI=1S/C16H16ClNO3S/c1-3-11-9-12(16(20)21-2)15(22-11)18-14(19)8-10-6-4-5-7-13(10)17/h4-7,9H,3,8H2,1-2H3,(H,18,19). The molecule has 4 nitrogen and oxygen atoms in total. The molecular weight excluding hydrogens is 322 g/mol. The first kappa shape index (κ1) is 16.5. The minimum Gasteiger partial charge on any atom is -0.465 e. The lowest BCUT2D eigenvalue weighted by Crippen LogP contribution is -2.16. The van der Waals surface area contributed by atoms with Crippen LogP contribution in [0.3, 0.4) is 0 Å². The number of ether oxygens (including phenoxy) is 1. The van der Waals surface area contributed by atoms with E-state index < -0.39 is 5.97 Å². The summed E-state index contributed by atoms with van der Waals surface area (Å²) < 4.78 is 4.75. The highest BCUT2D eigenvalue weighted by Crippen LogP contribution is 2.29. The number of esters is 1. The number of benzene rings is 1. The van der Waals surface area contributed by atoms with Crippen LogP contribution in [-0.2, 0) is 22.4 Å². The average molecular weight is 338 g/mol. The van der Waals surface area contributed by atoms with Gasteiger partial charge in [-0.1, -0.05) is 36.7 Å². The van der Waals surface area contributed by atoms with E-state index in [2.05, 4.69) is 5.32 Å². The van der Waals surface area contributed by atoms with Gasteiger partial charge < -0.3 is 10.1 Å². The lowest BCUT2D eigenvalue weighted by Gasteiger charge is -2.06. The number of anilines is 1. The van der Waals surface area contributed by atoms with E-state index in [4.69, 9.17) is 16.3 Å². The van der Waals surface area contributed by atoms with Crippen LogP contribution in [0.1, 0.15) is 27.7 Å². The maximum Gasteiger partial charge on any atom is 0.340 e. The SMILES string of the molecule is CCc1cc(C(=O)OC)c(NC(=O)Cc2ccccc2Cl)s1. The van der Waals surface area contributed by atoms with Gasteiger partial charge in [-0.3, -0.25) is 4.79 Å². The zero-order valence-corrected chi connectivity index (χ0v) is 13.9. The molecule has 0 aliphatic carbocycles. The molecule has 0 bridgehead atoms. The van der Waals surface area contributed by atoms with E-state index >= 15 is 0 Å². The van der Waals surface area contributed by atoms with Crippen molar-refractivity contribution in [2.24, 2.45) is 0 Å². The third kappa shape index (κ3) is 3.87. The van der Waals surface area contributed by atoms with Crippen molar-refractivity contribution in [2.75, 3.05) is 12.4 Å². The summed E-state index contributed by atoms with van der Waals surface area (Å²) in [7, 11) is 1.32. The van der Waals surface area contributed by atoms with Gasteiger partial charge in [0.05, 0.1) is 19.1 Å². The maximum atomic E-state index is 12.2. The van der Waals surface area contributed by atoms with Gasteiger partial charge in [-0.15, -0.1) is 11.3 Å². The molecule has 0 radical (unpaired) electrons. The van der Waals surface area contributed by atoms with Crippen molar-refractivity contribution in [2.45, 2.75) is 19.8 Å². The van der Waals surface area contributed by atoms with E-state index in [1.807, 2.05) is 19.1 Å². The Morgan fingerprint density at radius 2 is 2.05 bits per heavy atom. The highest BCUT2D eigenvalue weighted by molar-refractivity contribution is 7.16. The van der Waals surface area contributed by atoms with Gasteiger partial charge in [0.1, 0.15) is 5.00 Å². The quantitative estimate of drug-likeness (QED) is 0.841. The zero-order valence-electron chi connectivity index (χ0n) is 12.3. The van der Waals surface area contributed by atoms with E-state index in [1.54, 1.807) is 18.2 Å². The van der Waals surface area contributed by atoms with Crippen LogP contribution in [0.25, 0.3) is 0 Å². The largest absolute Gasteiger partial charge is 0.465 e. The number of hydrogen-bond acceptors (Lipinski definition) is 4. The molecule has 0 fully saturated rings. The number of amides is 1. The predicted molar refractivity (Wildman–Crippen MR) is 88.8 cm³/mol. The topological polar surface area (TPSA) is 55.4 Å². The molecule has 2 rings (SSSR count). The fraction of sp³-hybridized carbons (Fsp3) is 0.250.